The van der Waals surface area contributed by atoms with E-state index in [9.17, 15) is 14.4 Å². The molecule has 2 rings (SSSR count). The molecule has 134 valence electrons. The zero-order valence-electron chi connectivity index (χ0n) is 14.1. The molecule has 3 N–H and O–H groups in total. The Bertz CT molecular complexity index is 814. The van der Waals surface area contributed by atoms with E-state index in [0.29, 0.717) is 5.69 Å². The van der Waals surface area contributed by atoms with Crippen LogP contribution in [-0.2, 0) is 20.9 Å². The normalized spacial score (nSPS) is 10.7. The maximum atomic E-state index is 12.4. The maximum absolute atomic E-state index is 12.4. The number of rotatable bonds is 7. The fourth-order valence-electron chi connectivity index (χ4n) is 2.06. The average molecular weight is 354 g/mol. The highest BCUT2D eigenvalue weighted by molar-refractivity contribution is 6.01. The van der Waals surface area contributed by atoms with Gasteiger partial charge in [-0.25, -0.2) is 9.59 Å². The van der Waals surface area contributed by atoms with Gasteiger partial charge in [0.15, 0.2) is 0 Å². The van der Waals surface area contributed by atoms with Crippen molar-refractivity contribution in [1.82, 2.24) is 5.32 Å². The van der Waals surface area contributed by atoms with Crippen molar-refractivity contribution < 1.29 is 24.2 Å². The van der Waals surface area contributed by atoms with Crippen molar-refractivity contribution >= 4 is 23.5 Å². The number of nitrogens with one attached hydrogen (secondary N) is 2. The maximum Gasteiger partial charge on any atom is 0.335 e. The summed E-state index contributed by atoms with van der Waals surface area (Å²) in [7, 11) is 1.21. The van der Waals surface area contributed by atoms with Gasteiger partial charge < -0.3 is 20.5 Å². The minimum Gasteiger partial charge on any atom is -0.478 e. The van der Waals surface area contributed by atoms with Gasteiger partial charge in [0.1, 0.15) is 5.70 Å². The summed E-state index contributed by atoms with van der Waals surface area (Å²) >= 11 is 0. The highest BCUT2D eigenvalue weighted by Crippen LogP contribution is 2.13. The molecule has 0 aromatic heterocycles. The van der Waals surface area contributed by atoms with Crippen LogP contribution in [0.15, 0.2) is 66.4 Å². The number of carbonyl (C=O) groups excluding carboxylic acids is 2. The molecule has 0 bridgehead atoms. The molecule has 2 aromatic carbocycles. The van der Waals surface area contributed by atoms with E-state index in [4.69, 9.17) is 5.11 Å². The zero-order valence-corrected chi connectivity index (χ0v) is 14.1. The molecular weight excluding hydrogens is 336 g/mol. The fourth-order valence-corrected chi connectivity index (χ4v) is 2.06. The number of hydrogen-bond donors (Lipinski definition) is 3. The van der Waals surface area contributed by atoms with E-state index < -0.39 is 17.8 Å². The zero-order chi connectivity index (χ0) is 18.9. The number of carboxylic acids is 1. The van der Waals surface area contributed by atoms with Crippen molar-refractivity contribution in [3.63, 3.8) is 0 Å². The highest BCUT2D eigenvalue weighted by Gasteiger charge is 2.13. The van der Waals surface area contributed by atoms with Crippen LogP contribution in [0.1, 0.15) is 15.9 Å². The molecule has 0 spiro atoms. The van der Waals surface area contributed by atoms with Gasteiger partial charge in [-0.05, 0) is 29.8 Å². The van der Waals surface area contributed by atoms with Crippen LogP contribution in [0.5, 0.6) is 0 Å². The van der Waals surface area contributed by atoms with Gasteiger partial charge in [-0.15, -0.1) is 0 Å². The standard InChI is InChI=1S/C19H18N2O5/c1-26-17(22)11-16(18(23)20-12-13-5-3-2-4-6-13)21-15-9-7-14(8-10-15)19(24)25/h2-11,21H,12H2,1H3,(H,20,23)(H,24,25). The summed E-state index contributed by atoms with van der Waals surface area (Å²) in [5.74, 6) is -2.24. The predicted molar refractivity (Wildman–Crippen MR) is 95.4 cm³/mol. The number of carbonyl (C=O) groups is 3. The fraction of sp³-hybridized carbons (Fsp3) is 0.105. The Morgan fingerprint density at radius 3 is 2.27 bits per heavy atom. The second-order valence-corrected chi connectivity index (χ2v) is 5.26. The van der Waals surface area contributed by atoms with Crippen LogP contribution in [0.4, 0.5) is 5.69 Å². The van der Waals surface area contributed by atoms with E-state index in [1.54, 1.807) is 0 Å². The lowest BCUT2D eigenvalue weighted by Crippen LogP contribution is -2.28. The quantitative estimate of drug-likeness (QED) is 0.520. The molecule has 0 atom stereocenters. The van der Waals surface area contributed by atoms with Gasteiger partial charge >= 0.3 is 11.9 Å². The minimum absolute atomic E-state index is 0.0177. The van der Waals surface area contributed by atoms with Gasteiger partial charge in [-0.2, -0.15) is 0 Å². The van der Waals surface area contributed by atoms with E-state index in [1.807, 2.05) is 30.3 Å². The van der Waals surface area contributed by atoms with Crippen LogP contribution in [0.25, 0.3) is 0 Å². The van der Waals surface area contributed by atoms with Crippen molar-refractivity contribution in [2.45, 2.75) is 6.54 Å². The van der Waals surface area contributed by atoms with Crippen LogP contribution in [-0.4, -0.2) is 30.1 Å². The first kappa shape index (κ1) is 18.7. The lowest BCUT2D eigenvalue weighted by Gasteiger charge is -2.12. The molecule has 0 heterocycles. The van der Waals surface area contributed by atoms with Crippen molar-refractivity contribution in [1.29, 1.82) is 0 Å². The monoisotopic (exact) mass is 354 g/mol. The van der Waals surface area contributed by atoms with E-state index >= 15 is 0 Å². The number of anilines is 1. The summed E-state index contributed by atoms with van der Waals surface area (Å²) in [6, 6.07) is 15.1. The Kier molecular flexibility index (Phi) is 6.50. The van der Waals surface area contributed by atoms with Crippen molar-refractivity contribution in [2.24, 2.45) is 0 Å². The van der Waals surface area contributed by atoms with E-state index in [0.717, 1.165) is 11.6 Å². The first-order chi connectivity index (χ1) is 12.5. The summed E-state index contributed by atoms with van der Waals surface area (Å²) < 4.78 is 4.57. The summed E-state index contributed by atoms with van der Waals surface area (Å²) in [5.41, 5.74) is 1.46. The Morgan fingerprint density at radius 1 is 1.04 bits per heavy atom. The van der Waals surface area contributed by atoms with Gasteiger partial charge in [0.2, 0.25) is 0 Å². The number of esters is 1. The molecular formula is C19H18N2O5. The van der Waals surface area contributed by atoms with Gasteiger partial charge in [0.05, 0.1) is 18.7 Å². The minimum atomic E-state index is -1.05. The van der Waals surface area contributed by atoms with Crippen LogP contribution < -0.4 is 10.6 Å². The smallest absolute Gasteiger partial charge is 0.335 e. The average Bonchev–Trinajstić information content (AvgIpc) is 2.66. The summed E-state index contributed by atoms with van der Waals surface area (Å²) in [5, 5.41) is 14.4. The number of aromatic carboxylic acids is 1. The third kappa shape index (κ3) is 5.48. The Labute approximate surface area is 150 Å². The lowest BCUT2D eigenvalue weighted by molar-refractivity contribution is -0.135. The number of carboxylic acid groups (broad SMARTS) is 1. The number of amides is 1. The number of hydrogen-bond acceptors (Lipinski definition) is 5. The highest BCUT2D eigenvalue weighted by atomic mass is 16.5. The SMILES string of the molecule is COC(=O)C=C(Nc1ccc(C(=O)O)cc1)C(=O)NCc1ccccc1. The number of benzene rings is 2. The van der Waals surface area contributed by atoms with Gasteiger partial charge in [0, 0.05) is 12.2 Å². The first-order valence-corrected chi connectivity index (χ1v) is 7.71. The molecule has 0 unspecified atom stereocenters. The second-order valence-electron chi connectivity index (χ2n) is 5.26. The van der Waals surface area contributed by atoms with Gasteiger partial charge in [0.25, 0.3) is 5.91 Å². The van der Waals surface area contributed by atoms with E-state index in [1.165, 1.54) is 31.4 Å². The molecule has 0 aliphatic carbocycles. The predicted octanol–water partition coefficient (Wildman–Crippen LogP) is 2.17. The van der Waals surface area contributed by atoms with Crippen LogP contribution in [0, 0.1) is 0 Å². The van der Waals surface area contributed by atoms with Crippen LogP contribution in [0.2, 0.25) is 0 Å². The van der Waals surface area contributed by atoms with Crippen LogP contribution in [0.3, 0.4) is 0 Å². The molecule has 0 aliphatic heterocycles. The second kappa shape index (κ2) is 9.03. The molecule has 7 nitrogen and oxygen atoms in total. The third-order valence-electron chi connectivity index (χ3n) is 3.41. The molecule has 0 saturated carbocycles. The largest absolute Gasteiger partial charge is 0.478 e. The van der Waals surface area contributed by atoms with E-state index in [2.05, 4.69) is 15.4 Å². The van der Waals surface area contributed by atoms with Crippen LogP contribution >= 0.6 is 0 Å². The Morgan fingerprint density at radius 2 is 1.69 bits per heavy atom. The van der Waals surface area contributed by atoms with Crippen molar-refractivity contribution in [3.05, 3.63) is 77.5 Å². The third-order valence-corrected chi connectivity index (χ3v) is 3.41. The lowest BCUT2D eigenvalue weighted by atomic mass is 10.2. The molecule has 0 fully saturated rings. The summed E-state index contributed by atoms with van der Waals surface area (Å²) in [6.45, 7) is 0.290. The van der Waals surface area contributed by atoms with Gasteiger partial charge in [-0.3, -0.25) is 4.79 Å². The topological polar surface area (TPSA) is 105 Å². The molecule has 0 saturated heterocycles. The number of methoxy groups -OCH3 is 1. The van der Waals surface area contributed by atoms with Gasteiger partial charge in [-0.1, -0.05) is 30.3 Å². The number of ether oxygens (including phenoxy) is 1. The summed E-state index contributed by atoms with van der Waals surface area (Å²) in [6.07, 6.45) is 1.03. The molecule has 2 aromatic rings. The van der Waals surface area contributed by atoms with E-state index in [-0.39, 0.29) is 17.8 Å². The van der Waals surface area contributed by atoms with Crippen molar-refractivity contribution in [3.8, 4) is 0 Å². The Hall–Kier alpha value is -3.61. The van der Waals surface area contributed by atoms with Crippen molar-refractivity contribution in [2.75, 3.05) is 12.4 Å². The molecule has 0 radical (unpaired) electrons. The summed E-state index contributed by atoms with van der Waals surface area (Å²) in [4.78, 5) is 34.8. The first-order valence-electron chi connectivity index (χ1n) is 7.71. The Balaban J connectivity index is 2.12. The molecule has 26 heavy (non-hydrogen) atoms. The molecule has 7 heteroatoms. The molecule has 1 amide bonds. The molecule has 0 aliphatic rings.